The predicted molar refractivity (Wildman–Crippen MR) is 105 cm³/mol. The van der Waals surface area contributed by atoms with Gasteiger partial charge in [-0.25, -0.2) is 9.37 Å². The van der Waals surface area contributed by atoms with Gasteiger partial charge in [0.15, 0.2) is 4.96 Å². The Morgan fingerprint density at radius 2 is 1.90 bits per heavy atom. The number of halogens is 4. The highest BCUT2D eigenvalue weighted by molar-refractivity contribution is 7.15. The van der Waals surface area contributed by atoms with Crippen molar-refractivity contribution in [2.75, 3.05) is 0 Å². The third-order valence-electron chi connectivity index (χ3n) is 4.55. The van der Waals surface area contributed by atoms with Gasteiger partial charge in [-0.2, -0.15) is 13.2 Å². The lowest BCUT2D eigenvalue weighted by Crippen LogP contribution is -2.26. The number of thiazole rings is 1. The molecule has 2 aromatic heterocycles. The van der Waals surface area contributed by atoms with Crippen LogP contribution in [0.15, 0.2) is 60.1 Å². The van der Waals surface area contributed by atoms with E-state index in [2.05, 4.69) is 10.3 Å². The van der Waals surface area contributed by atoms with E-state index in [0.29, 0.717) is 11.8 Å². The normalized spacial score (nSPS) is 11.7. The maximum atomic E-state index is 13.2. The van der Waals surface area contributed by atoms with Crippen molar-refractivity contribution in [3.63, 3.8) is 0 Å². The molecule has 0 fully saturated rings. The molecule has 0 saturated heterocycles. The number of amides is 1. The van der Waals surface area contributed by atoms with Crippen molar-refractivity contribution < 1.29 is 22.4 Å². The summed E-state index contributed by atoms with van der Waals surface area (Å²) in [5.41, 5.74) is 1.10. The minimum atomic E-state index is -4.70. The van der Waals surface area contributed by atoms with Gasteiger partial charge < -0.3 is 5.32 Å². The Kier molecular flexibility index (Phi) is 5.29. The molecular weight excluding hydrogens is 418 g/mol. The van der Waals surface area contributed by atoms with Gasteiger partial charge in [0.05, 0.1) is 17.7 Å². The molecule has 0 radical (unpaired) electrons. The smallest absolute Gasteiger partial charge is 0.352 e. The lowest BCUT2D eigenvalue weighted by atomic mass is 10.1. The highest BCUT2D eigenvalue weighted by Crippen LogP contribution is 2.32. The minimum Gasteiger partial charge on any atom is -0.352 e. The Hall–Kier alpha value is -3.20. The average molecular weight is 433 g/mol. The number of rotatable bonds is 5. The summed E-state index contributed by atoms with van der Waals surface area (Å²) >= 11 is 1.37. The first-order chi connectivity index (χ1) is 14.3. The second-order valence-electron chi connectivity index (χ2n) is 6.62. The molecule has 2 aromatic carbocycles. The van der Waals surface area contributed by atoms with E-state index >= 15 is 0 Å². The fourth-order valence-electron chi connectivity index (χ4n) is 3.09. The highest BCUT2D eigenvalue weighted by Gasteiger charge is 2.33. The van der Waals surface area contributed by atoms with E-state index in [0.717, 1.165) is 28.4 Å². The molecule has 4 nitrogen and oxygen atoms in total. The standard InChI is InChI=1S/C21H15F4N3OS/c22-15-7-6-14(17(8-15)21(23,24)25)10-26-19(29)9-16-12-30-20-27-18(11-28(16)20)13-4-2-1-3-5-13/h1-8,11-12H,9-10H2,(H,26,29). The molecule has 1 N–H and O–H groups in total. The van der Waals surface area contributed by atoms with Crippen LogP contribution in [0.4, 0.5) is 17.6 Å². The molecule has 0 spiro atoms. The summed E-state index contributed by atoms with van der Waals surface area (Å²) in [5, 5.41) is 4.27. The number of hydrogen-bond donors (Lipinski definition) is 1. The zero-order valence-electron chi connectivity index (χ0n) is 15.4. The van der Waals surface area contributed by atoms with Crippen molar-refractivity contribution in [3.05, 3.63) is 82.7 Å². The average Bonchev–Trinajstić information content (AvgIpc) is 3.29. The van der Waals surface area contributed by atoms with E-state index in [-0.39, 0.29) is 18.5 Å². The number of imidazole rings is 1. The third kappa shape index (κ3) is 4.20. The first kappa shape index (κ1) is 20.1. The lowest BCUT2D eigenvalue weighted by molar-refractivity contribution is -0.138. The molecule has 4 rings (SSSR count). The number of carbonyl (C=O) groups is 1. The Labute approximate surface area is 172 Å². The van der Waals surface area contributed by atoms with E-state index in [1.54, 1.807) is 9.78 Å². The van der Waals surface area contributed by atoms with Crippen LogP contribution >= 0.6 is 11.3 Å². The first-order valence-corrected chi connectivity index (χ1v) is 9.82. The van der Waals surface area contributed by atoms with Crippen molar-refractivity contribution in [1.82, 2.24) is 14.7 Å². The number of nitrogens with one attached hydrogen (secondary N) is 1. The molecule has 2 heterocycles. The van der Waals surface area contributed by atoms with Gasteiger partial charge in [-0.15, -0.1) is 11.3 Å². The number of benzene rings is 2. The summed E-state index contributed by atoms with van der Waals surface area (Å²) < 4.78 is 54.3. The molecule has 0 atom stereocenters. The number of hydrogen-bond acceptors (Lipinski definition) is 3. The fraction of sp³-hybridized carbons (Fsp3) is 0.143. The van der Waals surface area contributed by atoms with Crippen molar-refractivity contribution in [2.24, 2.45) is 0 Å². The van der Waals surface area contributed by atoms with Gasteiger partial charge in [-0.1, -0.05) is 36.4 Å². The van der Waals surface area contributed by atoms with Gasteiger partial charge in [0, 0.05) is 29.4 Å². The van der Waals surface area contributed by atoms with Crippen LogP contribution in [-0.4, -0.2) is 15.3 Å². The molecule has 1 amide bonds. The first-order valence-electron chi connectivity index (χ1n) is 8.94. The van der Waals surface area contributed by atoms with E-state index < -0.39 is 23.5 Å². The van der Waals surface area contributed by atoms with Crippen molar-refractivity contribution >= 4 is 22.2 Å². The zero-order chi connectivity index (χ0) is 21.3. The minimum absolute atomic E-state index is 0.0207. The van der Waals surface area contributed by atoms with E-state index in [1.165, 1.54) is 11.3 Å². The maximum Gasteiger partial charge on any atom is 0.416 e. The summed E-state index contributed by atoms with van der Waals surface area (Å²) in [6.45, 7) is -0.347. The number of carbonyl (C=O) groups excluding carboxylic acids is 1. The molecule has 0 aliphatic heterocycles. The molecule has 9 heteroatoms. The van der Waals surface area contributed by atoms with Gasteiger partial charge in [-0.3, -0.25) is 9.20 Å². The molecule has 30 heavy (non-hydrogen) atoms. The van der Waals surface area contributed by atoms with E-state index in [1.807, 2.05) is 36.5 Å². The number of alkyl halides is 3. The van der Waals surface area contributed by atoms with E-state index in [4.69, 9.17) is 0 Å². The Bertz CT molecular complexity index is 1200. The zero-order valence-corrected chi connectivity index (χ0v) is 16.2. The van der Waals surface area contributed by atoms with E-state index in [9.17, 15) is 22.4 Å². The van der Waals surface area contributed by atoms with Crippen LogP contribution in [-0.2, 0) is 23.9 Å². The summed E-state index contributed by atoms with van der Waals surface area (Å²) in [7, 11) is 0. The molecule has 154 valence electrons. The molecule has 4 aromatic rings. The highest BCUT2D eigenvalue weighted by atomic mass is 32.1. The lowest BCUT2D eigenvalue weighted by Gasteiger charge is -2.13. The molecule has 0 aliphatic rings. The largest absolute Gasteiger partial charge is 0.416 e. The van der Waals surface area contributed by atoms with Crippen LogP contribution in [0.2, 0.25) is 0 Å². The van der Waals surface area contributed by atoms with Gasteiger partial charge in [0.25, 0.3) is 0 Å². The second-order valence-corrected chi connectivity index (χ2v) is 7.46. The van der Waals surface area contributed by atoms with Gasteiger partial charge >= 0.3 is 6.18 Å². The summed E-state index contributed by atoms with van der Waals surface area (Å²) in [6.07, 6.45) is -2.90. The van der Waals surface area contributed by atoms with Crippen molar-refractivity contribution in [1.29, 1.82) is 0 Å². The number of nitrogens with zero attached hydrogens (tertiary/aromatic N) is 2. The third-order valence-corrected chi connectivity index (χ3v) is 5.44. The van der Waals surface area contributed by atoms with Crippen LogP contribution in [0, 0.1) is 5.82 Å². The molecule has 0 unspecified atom stereocenters. The molecule has 0 saturated carbocycles. The van der Waals surface area contributed by atoms with Crippen LogP contribution in [0.25, 0.3) is 16.2 Å². The monoisotopic (exact) mass is 433 g/mol. The summed E-state index contributed by atoms with van der Waals surface area (Å²) in [5.74, 6) is -1.42. The Morgan fingerprint density at radius 3 is 2.63 bits per heavy atom. The summed E-state index contributed by atoms with van der Waals surface area (Å²) in [6, 6.07) is 12.0. The molecular formula is C21H15F4N3OS. The Morgan fingerprint density at radius 1 is 1.13 bits per heavy atom. The predicted octanol–water partition coefficient (Wildman–Crippen LogP) is 5.08. The summed E-state index contributed by atoms with van der Waals surface area (Å²) in [4.78, 5) is 17.6. The Balaban J connectivity index is 1.48. The fourth-order valence-corrected chi connectivity index (χ4v) is 3.96. The second kappa shape index (κ2) is 7.91. The number of aromatic nitrogens is 2. The van der Waals surface area contributed by atoms with Gasteiger partial charge in [-0.05, 0) is 17.7 Å². The SMILES string of the molecule is O=C(Cc1csc2nc(-c3ccccc3)cn12)NCc1ccc(F)cc1C(F)(F)F. The topological polar surface area (TPSA) is 46.4 Å². The molecule has 0 aliphatic carbocycles. The van der Waals surface area contributed by atoms with Crippen molar-refractivity contribution in [2.45, 2.75) is 19.1 Å². The van der Waals surface area contributed by atoms with Gasteiger partial charge in [0.1, 0.15) is 5.82 Å². The maximum absolute atomic E-state index is 13.2. The number of fused-ring (bicyclic) bond motifs is 1. The van der Waals surface area contributed by atoms with Crippen LogP contribution < -0.4 is 5.32 Å². The van der Waals surface area contributed by atoms with Crippen LogP contribution in [0.1, 0.15) is 16.8 Å². The van der Waals surface area contributed by atoms with Crippen LogP contribution in [0.5, 0.6) is 0 Å². The van der Waals surface area contributed by atoms with Crippen molar-refractivity contribution in [3.8, 4) is 11.3 Å². The van der Waals surface area contributed by atoms with Crippen LogP contribution in [0.3, 0.4) is 0 Å². The molecule has 0 bridgehead atoms. The van der Waals surface area contributed by atoms with Gasteiger partial charge in [0.2, 0.25) is 5.91 Å². The quantitative estimate of drug-likeness (QED) is 0.446.